The summed E-state index contributed by atoms with van der Waals surface area (Å²) < 4.78 is 5.10. The summed E-state index contributed by atoms with van der Waals surface area (Å²) in [6.45, 7) is 7.09. The number of nitrogens with one attached hydrogen (secondary N) is 2. The van der Waals surface area contributed by atoms with Crippen LogP contribution in [0.3, 0.4) is 0 Å². The van der Waals surface area contributed by atoms with Gasteiger partial charge in [0.15, 0.2) is 0 Å². The van der Waals surface area contributed by atoms with Crippen LogP contribution in [0.4, 0.5) is 5.69 Å². The molecular formula is C15H22N4O2. The maximum Gasteiger partial charge on any atom is 0.250 e. The highest BCUT2D eigenvalue weighted by Gasteiger charge is 2.18. The quantitative estimate of drug-likeness (QED) is 0.732. The molecule has 21 heavy (non-hydrogen) atoms. The lowest BCUT2D eigenvalue weighted by Crippen LogP contribution is -2.20. The highest BCUT2D eigenvalue weighted by atomic mass is 16.5. The number of amides is 1. The molecule has 4 N–H and O–H groups in total. The Balaban J connectivity index is 2.10. The van der Waals surface area contributed by atoms with Crippen molar-refractivity contribution in [2.24, 2.45) is 5.73 Å². The van der Waals surface area contributed by atoms with Gasteiger partial charge in [-0.15, -0.1) is 0 Å². The number of benzene rings is 1. The standard InChI is InChI=1S/C15H22N4O2/c1-15(2,3)14-18-11-5-4-10(8-12(11)19-14)17-13(20)9-21-7-6-16/h4-5,8H,6-7,9,16H2,1-3H3,(H,17,20)(H,18,19). The summed E-state index contributed by atoms with van der Waals surface area (Å²) in [5.74, 6) is 0.727. The average Bonchev–Trinajstić information content (AvgIpc) is 2.82. The van der Waals surface area contributed by atoms with Crippen LogP contribution in [0.5, 0.6) is 0 Å². The van der Waals surface area contributed by atoms with Crippen molar-refractivity contribution < 1.29 is 9.53 Å². The molecule has 2 aromatic rings. The van der Waals surface area contributed by atoms with Crippen molar-refractivity contribution in [1.29, 1.82) is 0 Å². The third kappa shape index (κ3) is 4.03. The van der Waals surface area contributed by atoms with Crippen molar-refractivity contribution in [3.05, 3.63) is 24.0 Å². The van der Waals surface area contributed by atoms with Crippen molar-refractivity contribution in [2.45, 2.75) is 26.2 Å². The Labute approximate surface area is 124 Å². The largest absolute Gasteiger partial charge is 0.370 e. The highest BCUT2D eigenvalue weighted by Crippen LogP contribution is 2.24. The number of nitrogens with two attached hydrogens (primary N) is 1. The van der Waals surface area contributed by atoms with Crippen LogP contribution >= 0.6 is 0 Å². The molecule has 0 unspecified atom stereocenters. The number of ether oxygens (including phenoxy) is 1. The molecule has 0 radical (unpaired) electrons. The molecule has 1 aromatic carbocycles. The number of aromatic amines is 1. The van der Waals surface area contributed by atoms with Crippen LogP contribution in [0.1, 0.15) is 26.6 Å². The van der Waals surface area contributed by atoms with E-state index in [2.05, 4.69) is 36.1 Å². The third-order valence-corrected chi connectivity index (χ3v) is 2.97. The molecule has 0 saturated carbocycles. The van der Waals surface area contributed by atoms with Gasteiger partial charge in [-0.25, -0.2) is 4.98 Å². The van der Waals surface area contributed by atoms with E-state index in [0.717, 1.165) is 16.9 Å². The van der Waals surface area contributed by atoms with Gasteiger partial charge in [-0.2, -0.15) is 0 Å². The van der Waals surface area contributed by atoms with Crippen molar-refractivity contribution in [3.8, 4) is 0 Å². The van der Waals surface area contributed by atoms with E-state index in [-0.39, 0.29) is 17.9 Å². The number of hydrogen-bond acceptors (Lipinski definition) is 4. The van der Waals surface area contributed by atoms with Gasteiger partial charge in [0.2, 0.25) is 5.91 Å². The molecule has 6 heteroatoms. The number of fused-ring (bicyclic) bond motifs is 1. The number of carbonyl (C=O) groups excluding carboxylic acids is 1. The SMILES string of the molecule is CC(C)(C)c1nc2ccc(NC(=O)COCCN)cc2[nH]1. The summed E-state index contributed by atoms with van der Waals surface area (Å²) in [7, 11) is 0. The average molecular weight is 290 g/mol. The third-order valence-electron chi connectivity index (χ3n) is 2.97. The molecule has 0 saturated heterocycles. The van der Waals surface area contributed by atoms with E-state index in [9.17, 15) is 4.79 Å². The smallest absolute Gasteiger partial charge is 0.250 e. The fraction of sp³-hybridized carbons (Fsp3) is 0.467. The van der Waals surface area contributed by atoms with Gasteiger partial charge in [-0.3, -0.25) is 4.79 Å². The molecule has 0 bridgehead atoms. The second kappa shape index (κ2) is 6.24. The van der Waals surface area contributed by atoms with Crippen LogP contribution in [-0.2, 0) is 14.9 Å². The number of aromatic nitrogens is 2. The van der Waals surface area contributed by atoms with Gasteiger partial charge in [-0.05, 0) is 18.2 Å². The van der Waals surface area contributed by atoms with E-state index in [1.165, 1.54) is 0 Å². The number of anilines is 1. The van der Waals surface area contributed by atoms with Gasteiger partial charge >= 0.3 is 0 Å². The fourth-order valence-corrected chi connectivity index (χ4v) is 1.89. The van der Waals surface area contributed by atoms with E-state index >= 15 is 0 Å². The summed E-state index contributed by atoms with van der Waals surface area (Å²) in [6, 6.07) is 5.59. The van der Waals surface area contributed by atoms with Crippen LogP contribution in [0.25, 0.3) is 11.0 Å². The molecule has 1 aromatic heterocycles. The van der Waals surface area contributed by atoms with Crippen molar-refractivity contribution in [2.75, 3.05) is 25.1 Å². The molecule has 0 aliphatic carbocycles. The fourth-order valence-electron chi connectivity index (χ4n) is 1.89. The second-order valence-electron chi connectivity index (χ2n) is 5.96. The van der Waals surface area contributed by atoms with Crippen molar-refractivity contribution in [3.63, 3.8) is 0 Å². The van der Waals surface area contributed by atoms with Crippen molar-refractivity contribution in [1.82, 2.24) is 9.97 Å². The molecule has 0 aliphatic heterocycles. The molecule has 1 heterocycles. The van der Waals surface area contributed by atoms with Crippen LogP contribution in [0.15, 0.2) is 18.2 Å². The summed E-state index contributed by atoms with van der Waals surface area (Å²) >= 11 is 0. The van der Waals surface area contributed by atoms with Gasteiger partial charge in [0.05, 0.1) is 17.6 Å². The molecular weight excluding hydrogens is 268 g/mol. The zero-order chi connectivity index (χ0) is 15.5. The summed E-state index contributed by atoms with van der Waals surface area (Å²) in [6.07, 6.45) is 0. The van der Waals surface area contributed by atoms with Crippen molar-refractivity contribution >= 4 is 22.6 Å². The lowest BCUT2D eigenvalue weighted by molar-refractivity contribution is -0.120. The number of H-pyrrole nitrogens is 1. The number of rotatable bonds is 5. The van der Waals surface area contributed by atoms with Crippen LogP contribution in [0.2, 0.25) is 0 Å². The summed E-state index contributed by atoms with van der Waals surface area (Å²) in [5.41, 5.74) is 7.76. The van der Waals surface area contributed by atoms with E-state index < -0.39 is 0 Å². The van der Waals surface area contributed by atoms with E-state index in [1.807, 2.05) is 18.2 Å². The first kappa shape index (κ1) is 15.5. The first-order valence-corrected chi connectivity index (χ1v) is 6.98. The van der Waals surface area contributed by atoms with Gasteiger partial charge in [0, 0.05) is 17.6 Å². The minimum Gasteiger partial charge on any atom is -0.370 e. The number of imidazole rings is 1. The Kier molecular flexibility index (Phi) is 4.59. The summed E-state index contributed by atoms with van der Waals surface area (Å²) in [4.78, 5) is 19.5. The Morgan fingerprint density at radius 1 is 1.43 bits per heavy atom. The minimum absolute atomic E-state index is 0.00541. The Morgan fingerprint density at radius 2 is 2.19 bits per heavy atom. The molecule has 0 spiro atoms. The normalized spacial score (nSPS) is 11.8. The predicted octanol–water partition coefficient (Wildman–Crippen LogP) is 1.77. The predicted molar refractivity (Wildman–Crippen MR) is 83.3 cm³/mol. The summed E-state index contributed by atoms with van der Waals surface area (Å²) in [5, 5.41) is 2.79. The molecule has 1 amide bonds. The number of hydrogen-bond donors (Lipinski definition) is 3. The molecule has 2 rings (SSSR count). The molecule has 0 atom stereocenters. The lowest BCUT2D eigenvalue weighted by Gasteiger charge is -2.13. The van der Waals surface area contributed by atoms with Gasteiger partial charge in [-0.1, -0.05) is 20.8 Å². The monoisotopic (exact) mass is 290 g/mol. The van der Waals surface area contributed by atoms with Crippen LogP contribution < -0.4 is 11.1 Å². The van der Waals surface area contributed by atoms with Gasteiger partial charge in [0.1, 0.15) is 12.4 Å². The minimum atomic E-state index is -0.196. The van der Waals surface area contributed by atoms with E-state index in [0.29, 0.717) is 18.8 Å². The van der Waals surface area contributed by atoms with Crippen LogP contribution in [0, 0.1) is 0 Å². The molecule has 0 aliphatic rings. The Morgan fingerprint density at radius 3 is 2.86 bits per heavy atom. The van der Waals surface area contributed by atoms with Gasteiger partial charge < -0.3 is 20.8 Å². The number of nitrogens with zero attached hydrogens (tertiary/aromatic N) is 1. The second-order valence-corrected chi connectivity index (χ2v) is 5.96. The molecule has 0 fully saturated rings. The number of carbonyl (C=O) groups is 1. The topological polar surface area (TPSA) is 93.0 Å². The maximum atomic E-state index is 11.7. The highest BCUT2D eigenvalue weighted by molar-refractivity contribution is 5.93. The van der Waals surface area contributed by atoms with Gasteiger partial charge in [0.25, 0.3) is 0 Å². The lowest BCUT2D eigenvalue weighted by atomic mass is 9.96. The Bertz CT molecular complexity index is 628. The zero-order valence-electron chi connectivity index (χ0n) is 12.7. The molecule has 6 nitrogen and oxygen atoms in total. The zero-order valence-corrected chi connectivity index (χ0v) is 12.7. The van der Waals surface area contributed by atoms with Crippen LogP contribution in [-0.4, -0.2) is 35.6 Å². The maximum absolute atomic E-state index is 11.7. The first-order valence-electron chi connectivity index (χ1n) is 6.98. The van der Waals surface area contributed by atoms with E-state index in [1.54, 1.807) is 0 Å². The Hall–Kier alpha value is -1.92. The molecule has 114 valence electrons. The first-order chi connectivity index (χ1) is 9.90. The van der Waals surface area contributed by atoms with E-state index in [4.69, 9.17) is 10.5 Å².